The van der Waals surface area contributed by atoms with E-state index in [0.29, 0.717) is 12.6 Å². The third-order valence-electron chi connectivity index (χ3n) is 3.46. The lowest BCUT2D eigenvalue weighted by Gasteiger charge is -2.18. The van der Waals surface area contributed by atoms with Crippen LogP contribution in [0.3, 0.4) is 0 Å². The number of nitrogens with one attached hydrogen (secondary N) is 1. The van der Waals surface area contributed by atoms with E-state index in [0.717, 1.165) is 16.9 Å². The van der Waals surface area contributed by atoms with Gasteiger partial charge in [-0.2, -0.15) is 0 Å². The molecule has 17 heavy (non-hydrogen) atoms. The number of benzene rings is 1. The first kappa shape index (κ1) is 13.1. The van der Waals surface area contributed by atoms with Gasteiger partial charge in [-0.05, 0) is 43.0 Å². The van der Waals surface area contributed by atoms with Crippen molar-refractivity contribution in [3.8, 4) is 0 Å². The zero-order valence-electron chi connectivity index (χ0n) is 10.4. The fraction of sp³-hybridized carbons (Fsp3) is 0.571. The smallest absolute Gasteiger partial charge is 0.0444 e. The fourth-order valence-electron chi connectivity index (χ4n) is 2.09. The highest BCUT2D eigenvalue weighted by atomic mass is 79.9. The van der Waals surface area contributed by atoms with Crippen LogP contribution >= 0.6 is 15.9 Å². The maximum atomic E-state index is 5.85. The molecule has 1 atom stereocenters. The van der Waals surface area contributed by atoms with Gasteiger partial charge in [0.05, 0.1) is 0 Å². The van der Waals surface area contributed by atoms with Crippen LogP contribution in [-0.4, -0.2) is 13.1 Å². The minimum Gasteiger partial charge on any atom is -0.329 e. The van der Waals surface area contributed by atoms with Crippen molar-refractivity contribution in [2.45, 2.75) is 32.2 Å². The van der Waals surface area contributed by atoms with Gasteiger partial charge in [0.25, 0.3) is 0 Å². The zero-order valence-corrected chi connectivity index (χ0v) is 12.0. The molecular weight excluding hydrogens is 276 g/mol. The van der Waals surface area contributed by atoms with Crippen molar-refractivity contribution in [1.82, 2.24) is 5.32 Å². The van der Waals surface area contributed by atoms with Crippen LogP contribution in [0.4, 0.5) is 0 Å². The van der Waals surface area contributed by atoms with Gasteiger partial charge in [0.15, 0.2) is 0 Å². The predicted octanol–water partition coefficient (Wildman–Crippen LogP) is 3.15. The highest BCUT2D eigenvalue weighted by Gasteiger charge is 2.21. The van der Waals surface area contributed by atoms with Gasteiger partial charge in [-0.1, -0.05) is 40.9 Å². The monoisotopic (exact) mass is 296 g/mol. The molecule has 0 aliphatic heterocycles. The summed E-state index contributed by atoms with van der Waals surface area (Å²) in [7, 11) is 0. The van der Waals surface area contributed by atoms with Crippen molar-refractivity contribution in [2.75, 3.05) is 13.1 Å². The number of aryl methyl sites for hydroxylation is 1. The van der Waals surface area contributed by atoms with Crippen LogP contribution in [0.2, 0.25) is 0 Å². The van der Waals surface area contributed by atoms with Crippen molar-refractivity contribution in [3.05, 3.63) is 33.8 Å². The maximum Gasteiger partial charge on any atom is 0.0444 e. The first-order valence-electron chi connectivity index (χ1n) is 6.40. The maximum absolute atomic E-state index is 5.85. The quantitative estimate of drug-likeness (QED) is 0.846. The van der Waals surface area contributed by atoms with Crippen LogP contribution < -0.4 is 11.1 Å². The van der Waals surface area contributed by atoms with E-state index in [1.165, 1.54) is 30.4 Å². The highest BCUT2D eigenvalue weighted by Crippen LogP contribution is 2.32. The summed E-state index contributed by atoms with van der Waals surface area (Å²) in [6, 6.07) is 6.76. The summed E-state index contributed by atoms with van der Waals surface area (Å²) >= 11 is 3.53. The van der Waals surface area contributed by atoms with Crippen molar-refractivity contribution in [2.24, 2.45) is 11.7 Å². The summed E-state index contributed by atoms with van der Waals surface area (Å²) in [6.45, 7) is 3.86. The van der Waals surface area contributed by atoms with Crippen LogP contribution in [-0.2, 0) is 0 Å². The molecule has 0 radical (unpaired) electrons. The third-order valence-corrected chi connectivity index (χ3v) is 4.35. The molecule has 3 N–H and O–H groups in total. The largest absolute Gasteiger partial charge is 0.329 e. The summed E-state index contributed by atoms with van der Waals surface area (Å²) in [4.78, 5) is 0. The minimum atomic E-state index is 0.292. The standard InChI is InChI=1S/C14H21BrN2/c1-10-8-12(4-5-13(10)15)14(9-16)17-7-6-11-2-3-11/h4-5,8,11,14,17H,2-3,6-7,9,16H2,1H3. The van der Waals surface area contributed by atoms with Gasteiger partial charge in [-0.15, -0.1) is 0 Å². The van der Waals surface area contributed by atoms with E-state index >= 15 is 0 Å². The Kier molecular flexibility index (Phi) is 4.60. The molecule has 1 aromatic carbocycles. The van der Waals surface area contributed by atoms with Crippen molar-refractivity contribution in [3.63, 3.8) is 0 Å². The number of hydrogen-bond donors (Lipinski definition) is 2. The van der Waals surface area contributed by atoms with E-state index in [2.05, 4.69) is 46.4 Å². The Balaban J connectivity index is 1.92. The second kappa shape index (κ2) is 5.98. The minimum absolute atomic E-state index is 0.292. The first-order valence-corrected chi connectivity index (χ1v) is 7.19. The van der Waals surface area contributed by atoms with Crippen molar-refractivity contribution < 1.29 is 0 Å². The summed E-state index contributed by atoms with van der Waals surface area (Å²) < 4.78 is 1.16. The SMILES string of the molecule is Cc1cc(C(CN)NCCC2CC2)ccc1Br. The molecule has 0 bridgehead atoms. The van der Waals surface area contributed by atoms with E-state index in [9.17, 15) is 0 Å². The van der Waals surface area contributed by atoms with Crippen LogP contribution in [0.5, 0.6) is 0 Å². The van der Waals surface area contributed by atoms with E-state index in [1.807, 2.05) is 0 Å². The summed E-state index contributed by atoms with van der Waals surface area (Å²) in [5, 5.41) is 3.56. The summed E-state index contributed by atoms with van der Waals surface area (Å²) in [5.74, 6) is 0.979. The fourth-order valence-corrected chi connectivity index (χ4v) is 2.34. The molecule has 0 heterocycles. The molecule has 94 valence electrons. The normalized spacial score (nSPS) is 17.1. The molecule has 2 nitrogen and oxygen atoms in total. The number of nitrogens with two attached hydrogens (primary N) is 1. The molecular formula is C14H21BrN2. The van der Waals surface area contributed by atoms with Crippen LogP contribution in [0, 0.1) is 12.8 Å². The Morgan fingerprint density at radius 2 is 2.24 bits per heavy atom. The second-order valence-corrected chi connectivity index (χ2v) is 5.84. The molecule has 0 saturated heterocycles. The molecule has 1 aliphatic carbocycles. The summed E-state index contributed by atoms with van der Waals surface area (Å²) in [6.07, 6.45) is 4.14. The predicted molar refractivity (Wildman–Crippen MR) is 76.0 cm³/mol. The Morgan fingerprint density at radius 3 is 2.82 bits per heavy atom. The molecule has 0 aromatic heterocycles. The molecule has 2 rings (SSSR count). The van der Waals surface area contributed by atoms with E-state index in [1.54, 1.807) is 0 Å². The van der Waals surface area contributed by atoms with Gasteiger partial charge in [-0.3, -0.25) is 0 Å². The van der Waals surface area contributed by atoms with Gasteiger partial charge in [0.2, 0.25) is 0 Å². The van der Waals surface area contributed by atoms with Crippen LogP contribution in [0.15, 0.2) is 22.7 Å². The van der Waals surface area contributed by atoms with Crippen molar-refractivity contribution >= 4 is 15.9 Å². The second-order valence-electron chi connectivity index (χ2n) is 4.98. The average molecular weight is 297 g/mol. The molecule has 0 spiro atoms. The lowest BCUT2D eigenvalue weighted by Crippen LogP contribution is -2.29. The van der Waals surface area contributed by atoms with Gasteiger partial charge in [-0.25, -0.2) is 0 Å². The number of hydrogen-bond acceptors (Lipinski definition) is 2. The third kappa shape index (κ3) is 3.80. The Labute approximate surface area is 112 Å². The molecule has 1 aliphatic rings. The molecule has 1 unspecified atom stereocenters. The molecule has 1 saturated carbocycles. The Hall–Kier alpha value is -0.380. The van der Waals surface area contributed by atoms with Crippen LogP contribution in [0.1, 0.15) is 36.4 Å². The van der Waals surface area contributed by atoms with E-state index in [4.69, 9.17) is 5.73 Å². The van der Waals surface area contributed by atoms with E-state index < -0.39 is 0 Å². The lowest BCUT2D eigenvalue weighted by atomic mass is 10.0. The van der Waals surface area contributed by atoms with Crippen molar-refractivity contribution in [1.29, 1.82) is 0 Å². The highest BCUT2D eigenvalue weighted by molar-refractivity contribution is 9.10. The molecule has 0 amide bonds. The molecule has 3 heteroatoms. The first-order chi connectivity index (χ1) is 8.20. The Bertz CT molecular complexity index is 374. The van der Waals surface area contributed by atoms with Gasteiger partial charge in [0.1, 0.15) is 0 Å². The lowest BCUT2D eigenvalue weighted by molar-refractivity contribution is 0.516. The van der Waals surface area contributed by atoms with E-state index in [-0.39, 0.29) is 0 Å². The summed E-state index contributed by atoms with van der Waals surface area (Å²) in [5.41, 5.74) is 8.42. The zero-order chi connectivity index (χ0) is 12.3. The topological polar surface area (TPSA) is 38.0 Å². The number of halogens is 1. The molecule has 1 aromatic rings. The van der Waals surface area contributed by atoms with Gasteiger partial charge < -0.3 is 11.1 Å². The van der Waals surface area contributed by atoms with Gasteiger partial charge >= 0.3 is 0 Å². The number of rotatable bonds is 6. The Morgan fingerprint density at radius 1 is 1.47 bits per heavy atom. The molecule has 1 fully saturated rings. The average Bonchev–Trinajstić information content (AvgIpc) is 3.12. The van der Waals surface area contributed by atoms with Gasteiger partial charge in [0, 0.05) is 17.1 Å². The van der Waals surface area contributed by atoms with Crippen LogP contribution in [0.25, 0.3) is 0 Å².